The normalized spacial score (nSPS) is 10.8. The Labute approximate surface area is 86.0 Å². The van der Waals surface area contributed by atoms with Crippen LogP contribution in [-0.4, -0.2) is 30.4 Å². The van der Waals surface area contributed by atoms with E-state index in [1.165, 1.54) is 7.11 Å². The fourth-order valence-electron chi connectivity index (χ4n) is 1.46. The van der Waals surface area contributed by atoms with Gasteiger partial charge in [0.2, 0.25) is 11.6 Å². The highest BCUT2D eigenvalue weighted by Crippen LogP contribution is 2.35. The van der Waals surface area contributed by atoms with Gasteiger partial charge in [-0.2, -0.15) is 0 Å². The lowest BCUT2D eigenvalue weighted by Gasteiger charge is -1.99. The average molecular weight is 211 g/mol. The van der Waals surface area contributed by atoms with Gasteiger partial charge in [-0.1, -0.05) is 0 Å². The number of aliphatic hydroxyl groups is 1. The molecular formula is C9H13N3O3. The molecule has 2 aromatic heterocycles. The smallest absolute Gasteiger partial charge is 0.235 e. The molecule has 0 unspecified atom stereocenters. The zero-order valence-electron chi connectivity index (χ0n) is 8.33. The lowest BCUT2D eigenvalue weighted by Crippen LogP contribution is -2.05. The van der Waals surface area contributed by atoms with Crippen LogP contribution < -0.4 is 15.8 Å². The minimum atomic E-state index is 0.0691. The molecule has 6 nitrogen and oxygen atoms in total. The summed E-state index contributed by atoms with van der Waals surface area (Å²) in [6, 6.07) is 1.77. The number of fused-ring (bicyclic) bond motifs is 1. The summed E-state index contributed by atoms with van der Waals surface area (Å²) in [5, 5.41) is 11.6. The van der Waals surface area contributed by atoms with Crippen molar-refractivity contribution in [3.05, 3.63) is 6.07 Å². The Kier molecular flexibility index (Phi) is 2.42. The maximum Gasteiger partial charge on any atom is 0.235 e. The third kappa shape index (κ3) is 1.59. The maximum atomic E-state index is 8.65. The summed E-state index contributed by atoms with van der Waals surface area (Å²) < 4.78 is 10.4. The zero-order valence-corrected chi connectivity index (χ0v) is 8.33. The summed E-state index contributed by atoms with van der Waals surface area (Å²) in [6.07, 6.45) is 0. The topological polar surface area (TPSA) is 96.4 Å². The molecule has 2 rings (SSSR count). The van der Waals surface area contributed by atoms with Crippen molar-refractivity contribution in [2.24, 2.45) is 0 Å². The first kappa shape index (κ1) is 9.72. The zero-order chi connectivity index (χ0) is 10.8. The van der Waals surface area contributed by atoms with E-state index in [0.29, 0.717) is 17.9 Å². The second kappa shape index (κ2) is 3.74. The van der Waals surface area contributed by atoms with Crippen molar-refractivity contribution < 1.29 is 14.3 Å². The fourth-order valence-corrected chi connectivity index (χ4v) is 1.46. The number of aromatic amines is 1. The van der Waals surface area contributed by atoms with Gasteiger partial charge in [0.05, 0.1) is 13.7 Å². The Morgan fingerprint density at radius 3 is 3.13 bits per heavy atom. The number of anilines is 2. The summed E-state index contributed by atoms with van der Waals surface area (Å²) in [6.45, 7) is 0.542. The van der Waals surface area contributed by atoms with Crippen LogP contribution in [0, 0.1) is 0 Å². The molecule has 82 valence electrons. The van der Waals surface area contributed by atoms with Gasteiger partial charge in [-0.3, -0.25) is 0 Å². The minimum Gasteiger partial charge on any atom is -0.490 e. The van der Waals surface area contributed by atoms with E-state index in [1.54, 1.807) is 6.07 Å². The molecule has 0 saturated heterocycles. The van der Waals surface area contributed by atoms with E-state index in [2.05, 4.69) is 10.3 Å². The van der Waals surface area contributed by atoms with Crippen LogP contribution >= 0.6 is 0 Å². The van der Waals surface area contributed by atoms with Crippen molar-refractivity contribution in [2.75, 3.05) is 31.3 Å². The number of aliphatic hydroxyl groups excluding tert-OH is 1. The summed E-state index contributed by atoms with van der Waals surface area (Å²) in [7, 11) is 1.53. The van der Waals surface area contributed by atoms with Gasteiger partial charge in [-0.15, -0.1) is 0 Å². The summed E-state index contributed by atoms with van der Waals surface area (Å²) in [5.74, 6) is 1.52. The monoisotopic (exact) mass is 211 g/mol. The highest BCUT2D eigenvalue weighted by Gasteiger charge is 2.14. The molecule has 0 aliphatic carbocycles. The number of hydrogen-bond donors (Lipinski definition) is 4. The molecule has 0 spiro atoms. The highest BCUT2D eigenvalue weighted by molar-refractivity contribution is 5.89. The quantitative estimate of drug-likeness (QED) is 0.598. The van der Waals surface area contributed by atoms with E-state index in [1.807, 2.05) is 0 Å². The van der Waals surface area contributed by atoms with Crippen molar-refractivity contribution in [3.63, 3.8) is 0 Å². The molecule has 15 heavy (non-hydrogen) atoms. The lowest BCUT2D eigenvalue weighted by molar-refractivity contribution is 0.311. The van der Waals surface area contributed by atoms with Crippen LogP contribution in [0.5, 0.6) is 5.75 Å². The summed E-state index contributed by atoms with van der Waals surface area (Å²) in [5.41, 5.74) is 6.93. The van der Waals surface area contributed by atoms with E-state index in [-0.39, 0.29) is 12.5 Å². The van der Waals surface area contributed by atoms with Crippen LogP contribution in [0.1, 0.15) is 0 Å². The first-order valence-corrected chi connectivity index (χ1v) is 4.56. The van der Waals surface area contributed by atoms with Gasteiger partial charge in [-0.25, -0.2) is 0 Å². The Balaban J connectivity index is 2.35. The third-order valence-electron chi connectivity index (χ3n) is 2.08. The van der Waals surface area contributed by atoms with Gasteiger partial charge in [0.1, 0.15) is 11.3 Å². The second-order valence-electron chi connectivity index (χ2n) is 3.07. The van der Waals surface area contributed by atoms with Crippen LogP contribution in [0.25, 0.3) is 11.1 Å². The predicted octanol–water partition coefficient (Wildman–Crippen LogP) is 0.756. The van der Waals surface area contributed by atoms with Gasteiger partial charge in [-0.05, 0) is 0 Å². The standard InChI is InChI=1S/C9H13N3O3/c1-14-8-7-5(15-9(8)10)4-6(12-7)11-2-3-13/h4,11-13H,2-3,10H2,1H3. The Morgan fingerprint density at radius 1 is 1.67 bits per heavy atom. The third-order valence-corrected chi connectivity index (χ3v) is 2.08. The largest absolute Gasteiger partial charge is 0.490 e. The molecule has 0 aliphatic rings. The summed E-state index contributed by atoms with van der Waals surface area (Å²) >= 11 is 0. The number of rotatable bonds is 4. The number of nitrogen functional groups attached to an aromatic ring is 1. The Morgan fingerprint density at radius 2 is 2.47 bits per heavy atom. The number of furan rings is 1. The first-order chi connectivity index (χ1) is 7.26. The van der Waals surface area contributed by atoms with Gasteiger partial charge < -0.3 is 30.3 Å². The van der Waals surface area contributed by atoms with Crippen LogP contribution in [0.4, 0.5) is 11.7 Å². The SMILES string of the molecule is COc1c(N)oc2cc(NCCO)[nH]c12. The lowest BCUT2D eigenvalue weighted by atomic mass is 10.4. The number of nitrogens with one attached hydrogen (secondary N) is 2. The fraction of sp³-hybridized carbons (Fsp3) is 0.333. The minimum absolute atomic E-state index is 0.0691. The molecule has 5 N–H and O–H groups in total. The van der Waals surface area contributed by atoms with Crippen LogP contribution in [-0.2, 0) is 0 Å². The Bertz CT molecular complexity index is 460. The van der Waals surface area contributed by atoms with Gasteiger partial charge in [0, 0.05) is 12.6 Å². The number of hydrogen-bond acceptors (Lipinski definition) is 5. The molecular weight excluding hydrogens is 198 g/mol. The number of nitrogens with two attached hydrogens (primary N) is 1. The first-order valence-electron chi connectivity index (χ1n) is 4.56. The molecule has 0 atom stereocenters. The number of ether oxygens (including phenoxy) is 1. The molecule has 0 amide bonds. The van der Waals surface area contributed by atoms with Crippen molar-refractivity contribution in [2.45, 2.75) is 0 Å². The van der Waals surface area contributed by atoms with Crippen LogP contribution in [0.15, 0.2) is 10.5 Å². The van der Waals surface area contributed by atoms with E-state index in [0.717, 1.165) is 11.3 Å². The van der Waals surface area contributed by atoms with Gasteiger partial charge >= 0.3 is 0 Å². The van der Waals surface area contributed by atoms with Gasteiger partial charge in [0.25, 0.3) is 0 Å². The second-order valence-corrected chi connectivity index (χ2v) is 3.07. The van der Waals surface area contributed by atoms with Crippen molar-refractivity contribution in [1.29, 1.82) is 0 Å². The van der Waals surface area contributed by atoms with E-state index in [9.17, 15) is 0 Å². The van der Waals surface area contributed by atoms with Crippen molar-refractivity contribution >= 4 is 22.8 Å². The van der Waals surface area contributed by atoms with Crippen molar-refractivity contribution in [1.82, 2.24) is 4.98 Å². The molecule has 0 fully saturated rings. The molecule has 2 heterocycles. The Hall–Kier alpha value is -1.82. The molecule has 0 radical (unpaired) electrons. The summed E-state index contributed by atoms with van der Waals surface area (Å²) in [4.78, 5) is 3.05. The van der Waals surface area contributed by atoms with Gasteiger partial charge in [0.15, 0.2) is 5.58 Å². The maximum absolute atomic E-state index is 8.65. The van der Waals surface area contributed by atoms with E-state index in [4.69, 9.17) is 20.0 Å². The van der Waals surface area contributed by atoms with Crippen molar-refractivity contribution in [3.8, 4) is 5.75 Å². The average Bonchev–Trinajstić information content (AvgIpc) is 2.70. The molecule has 6 heteroatoms. The van der Waals surface area contributed by atoms with Crippen LogP contribution in [0.2, 0.25) is 0 Å². The molecule has 0 bridgehead atoms. The highest BCUT2D eigenvalue weighted by atomic mass is 16.5. The molecule has 0 aliphatic heterocycles. The number of methoxy groups -OCH3 is 1. The number of H-pyrrole nitrogens is 1. The molecule has 2 aromatic rings. The van der Waals surface area contributed by atoms with E-state index >= 15 is 0 Å². The van der Waals surface area contributed by atoms with E-state index < -0.39 is 0 Å². The molecule has 0 saturated carbocycles. The number of aromatic nitrogens is 1. The predicted molar refractivity (Wildman–Crippen MR) is 57.1 cm³/mol. The molecule has 0 aromatic carbocycles. The van der Waals surface area contributed by atoms with Crippen LogP contribution in [0.3, 0.4) is 0 Å².